The van der Waals surface area contributed by atoms with Gasteiger partial charge in [-0.1, -0.05) is 42.5 Å². The zero-order valence-electron chi connectivity index (χ0n) is 26.1. The van der Waals surface area contributed by atoms with E-state index in [0.29, 0.717) is 52.8 Å². The predicted molar refractivity (Wildman–Crippen MR) is 168 cm³/mol. The average molecular weight is 612 g/mol. The third-order valence-electron chi connectivity index (χ3n) is 8.15. The van der Waals surface area contributed by atoms with Crippen LogP contribution in [-0.2, 0) is 25.7 Å². The quantitative estimate of drug-likeness (QED) is 0.193. The molecule has 1 aliphatic carbocycles. The summed E-state index contributed by atoms with van der Waals surface area (Å²) in [7, 11) is 3.16. The molecular formula is C36H37NO8. The summed E-state index contributed by atoms with van der Waals surface area (Å²) in [6.45, 7) is 5.32. The van der Waals surface area contributed by atoms with Gasteiger partial charge in [0.25, 0.3) is 0 Å². The second-order valence-corrected chi connectivity index (χ2v) is 11.0. The van der Waals surface area contributed by atoms with Crippen molar-refractivity contribution < 1.29 is 38.1 Å². The van der Waals surface area contributed by atoms with Crippen LogP contribution in [-0.4, -0.2) is 44.3 Å². The number of hydrogen-bond donors (Lipinski definition) is 0. The molecule has 1 aliphatic heterocycles. The third kappa shape index (κ3) is 6.77. The monoisotopic (exact) mass is 611 g/mol. The summed E-state index contributed by atoms with van der Waals surface area (Å²) in [5.74, 6) is -0.749. The first-order valence-electron chi connectivity index (χ1n) is 14.9. The highest BCUT2D eigenvalue weighted by Gasteiger charge is 2.46. The van der Waals surface area contributed by atoms with Crippen LogP contribution in [0.25, 0.3) is 0 Å². The first-order chi connectivity index (χ1) is 21.7. The van der Waals surface area contributed by atoms with Gasteiger partial charge in [-0.25, -0.2) is 4.79 Å². The van der Waals surface area contributed by atoms with Crippen LogP contribution in [0, 0.1) is 5.92 Å². The molecule has 0 radical (unpaired) electrons. The molecule has 234 valence electrons. The zero-order valence-corrected chi connectivity index (χ0v) is 26.1. The summed E-state index contributed by atoms with van der Waals surface area (Å²) in [6, 6.07) is 20.2. The van der Waals surface area contributed by atoms with Crippen molar-refractivity contribution in [1.29, 1.82) is 0 Å². The van der Waals surface area contributed by atoms with E-state index in [0.717, 1.165) is 11.1 Å². The minimum atomic E-state index is -0.682. The Bertz CT molecular complexity index is 1660. The highest BCUT2D eigenvalue weighted by molar-refractivity contribution is 6.12. The summed E-state index contributed by atoms with van der Waals surface area (Å²) in [6.07, 6.45) is 0.779. The summed E-state index contributed by atoms with van der Waals surface area (Å²) in [4.78, 5) is 44.6. The lowest BCUT2D eigenvalue weighted by molar-refractivity contribution is -0.141. The van der Waals surface area contributed by atoms with Gasteiger partial charge in [0.2, 0.25) is 0 Å². The van der Waals surface area contributed by atoms with E-state index < -0.39 is 23.8 Å². The molecule has 0 aromatic heterocycles. The van der Waals surface area contributed by atoms with E-state index in [9.17, 15) is 14.4 Å². The number of hydrogen-bond acceptors (Lipinski definition) is 9. The molecule has 0 spiro atoms. The Hall–Kier alpha value is -4.92. The van der Waals surface area contributed by atoms with Gasteiger partial charge in [-0.3, -0.25) is 14.6 Å². The number of allylic oxidation sites excluding steroid dienone is 1. The van der Waals surface area contributed by atoms with Crippen LogP contribution in [0.2, 0.25) is 0 Å². The first-order valence-corrected chi connectivity index (χ1v) is 14.9. The van der Waals surface area contributed by atoms with Gasteiger partial charge < -0.3 is 23.7 Å². The predicted octanol–water partition coefficient (Wildman–Crippen LogP) is 6.35. The molecule has 1 saturated carbocycles. The van der Waals surface area contributed by atoms with Gasteiger partial charge in [-0.2, -0.15) is 0 Å². The molecule has 0 bridgehead atoms. The fraction of sp³-hybridized carbons (Fsp3) is 0.333. The topological polar surface area (TPSA) is 110 Å². The second-order valence-electron chi connectivity index (χ2n) is 11.0. The Morgan fingerprint density at radius 2 is 1.53 bits per heavy atom. The Morgan fingerprint density at radius 3 is 2.22 bits per heavy atom. The zero-order chi connectivity index (χ0) is 32.1. The summed E-state index contributed by atoms with van der Waals surface area (Å²) in [5.41, 5.74) is 3.97. The maximum absolute atomic E-state index is 14.1. The van der Waals surface area contributed by atoms with Crippen molar-refractivity contribution in [2.24, 2.45) is 10.9 Å². The number of carbonyl (C=O) groups is 3. The van der Waals surface area contributed by atoms with Gasteiger partial charge in [-0.05, 0) is 67.1 Å². The second kappa shape index (κ2) is 13.8. The minimum absolute atomic E-state index is 0.0346. The molecule has 0 N–H and O–H groups in total. The number of benzene rings is 3. The minimum Gasteiger partial charge on any atom is -0.493 e. The Balaban J connectivity index is 1.56. The van der Waals surface area contributed by atoms with Crippen LogP contribution in [0.5, 0.6) is 23.0 Å². The molecule has 0 saturated heterocycles. The first kappa shape index (κ1) is 31.5. The molecule has 3 aromatic rings. The lowest BCUT2D eigenvalue weighted by atomic mass is 9.66. The van der Waals surface area contributed by atoms with Crippen LogP contribution in [0.1, 0.15) is 62.1 Å². The SMILES string of the molecule is CCOc1cc([C@H]2C(C(=O)OCc3ccccc3)=C(C)N=C3C[C@H](c4ccc(OC)c(OC)c4)CC(=O)C32)ccc1OC(C)=O. The van der Waals surface area contributed by atoms with Gasteiger partial charge in [0.05, 0.1) is 32.3 Å². The molecule has 1 fully saturated rings. The Morgan fingerprint density at radius 1 is 0.844 bits per heavy atom. The summed E-state index contributed by atoms with van der Waals surface area (Å²) < 4.78 is 27.9. The number of ketones is 1. The van der Waals surface area contributed by atoms with Gasteiger partial charge in [-0.15, -0.1) is 0 Å². The van der Waals surface area contributed by atoms with Crippen molar-refractivity contribution in [2.75, 3.05) is 20.8 Å². The van der Waals surface area contributed by atoms with Crippen molar-refractivity contribution in [3.8, 4) is 23.0 Å². The molecule has 1 unspecified atom stereocenters. The van der Waals surface area contributed by atoms with E-state index in [1.165, 1.54) is 6.92 Å². The molecule has 5 rings (SSSR count). The van der Waals surface area contributed by atoms with Crippen LogP contribution >= 0.6 is 0 Å². The van der Waals surface area contributed by atoms with E-state index in [1.807, 2.05) is 55.5 Å². The average Bonchev–Trinajstić information content (AvgIpc) is 3.03. The summed E-state index contributed by atoms with van der Waals surface area (Å²) in [5, 5.41) is 0. The Labute approximate surface area is 262 Å². The maximum atomic E-state index is 14.1. The van der Waals surface area contributed by atoms with Crippen molar-refractivity contribution in [3.63, 3.8) is 0 Å². The fourth-order valence-electron chi connectivity index (χ4n) is 6.17. The van der Waals surface area contributed by atoms with Gasteiger partial charge >= 0.3 is 11.9 Å². The number of aliphatic imine (C=N–C) groups is 1. The van der Waals surface area contributed by atoms with Crippen molar-refractivity contribution in [3.05, 3.63) is 94.7 Å². The van der Waals surface area contributed by atoms with Crippen LogP contribution < -0.4 is 18.9 Å². The third-order valence-corrected chi connectivity index (χ3v) is 8.15. The number of nitrogens with zero attached hydrogens (tertiary/aromatic N) is 1. The van der Waals surface area contributed by atoms with Crippen LogP contribution in [0.3, 0.4) is 0 Å². The smallest absolute Gasteiger partial charge is 0.336 e. The van der Waals surface area contributed by atoms with E-state index in [4.69, 9.17) is 28.7 Å². The normalized spacial score (nSPS) is 19.3. The van der Waals surface area contributed by atoms with Gasteiger partial charge in [0.1, 0.15) is 12.4 Å². The number of methoxy groups -OCH3 is 2. The molecular weight excluding hydrogens is 574 g/mol. The molecule has 3 atom stereocenters. The molecule has 0 amide bonds. The van der Waals surface area contributed by atoms with Crippen molar-refractivity contribution in [2.45, 2.75) is 52.1 Å². The van der Waals surface area contributed by atoms with Crippen LogP contribution in [0.4, 0.5) is 0 Å². The van der Waals surface area contributed by atoms with Crippen molar-refractivity contribution in [1.82, 2.24) is 0 Å². The lowest BCUT2D eigenvalue weighted by Crippen LogP contribution is -2.41. The molecule has 2 aliphatic rings. The van der Waals surface area contributed by atoms with Crippen LogP contribution in [0.15, 0.2) is 83.0 Å². The molecule has 9 heteroatoms. The van der Waals surface area contributed by atoms with E-state index in [2.05, 4.69) is 0 Å². The number of Topliss-reactive ketones (excluding diaryl/α,β-unsaturated/α-hetero) is 1. The Kier molecular flexibility index (Phi) is 9.66. The lowest BCUT2D eigenvalue weighted by Gasteiger charge is -2.38. The number of fused-ring (bicyclic) bond motifs is 1. The number of ether oxygens (including phenoxy) is 5. The standard InChI is InChI=1S/C36H37NO8/c1-6-43-32-19-25(13-15-30(32)45-22(3)38)34-33(36(40)44-20-23-10-8-7-9-11-23)21(2)37-27-16-26(17-28(39)35(27)34)24-12-14-29(41-4)31(18-24)42-5/h7-15,18-19,26,34-35H,6,16-17,20H2,1-5H3/t26-,34-,35?/m0/s1. The molecule has 9 nitrogen and oxygen atoms in total. The van der Waals surface area contributed by atoms with E-state index in [1.54, 1.807) is 39.3 Å². The summed E-state index contributed by atoms with van der Waals surface area (Å²) >= 11 is 0. The maximum Gasteiger partial charge on any atom is 0.336 e. The number of rotatable bonds is 10. The molecule has 1 heterocycles. The van der Waals surface area contributed by atoms with Gasteiger partial charge in [0, 0.05) is 30.7 Å². The number of esters is 2. The van der Waals surface area contributed by atoms with Crippen molar-refractivity contribution >= 4 is 23.4 Å². The highest BCUT2D eigenvalue weighted by atomic mass is 16.6. The van der Waals surface area contributed by atoms with E-state index >= 15 is 0 Å². The van der Waals surface area contributed by atoms with Gasteiger partial charge in [0.15, 0.2) is 23.0 Å². The largest absolute Gasteiger partial charge is 0.493 e. The molecule has 45 heavy (non-hydrogen) atoms. The highest BCUT2D eigenvalue weighted by Crippen LogP contribution is 2.48. The fourth-order valence-corrected chi connectivity index (χ4v) is 6.17. The number of carbonyl (C=O) groups excluding carboxylic acids is 3. The van der Waals surface area contributed by atoms with E-state index in [-0.39, 0.29) is 30.5 Å². The molecule has 3 aromatic carbocycles.